The van der Waals surface area contributed by atoms with Gasteiger partial charge in [0.15, 0.2) is 0 Å². The molecule has 1 saturated carbocycles. The van der Waals surface area contributed by atoms with Crippen LogP contribution >= 0.6 is 12.4 Å². The molecular weight excluding hydrogens is 272 g/mol. The van der Waals surface area contributed by atoms with E-state index in [1.54, 1.807) is 0 Å². The smallest absolute Gasteiger partial charge is 0.229 e. The van der Waals surface area contributed by atoms with Crippen molar-refractivity contribution in [3.05, 3.63) is 35.9 Å². The fourth-order valence-corrected chi connectivity index (χ4v) is 3.15. The summed E-state index contributed by atoms with van der Waals surface area (Å²) in [5.41, 5.74) is 6.89. The number of rotatable bonds is 4. The van der Waals surface area contributed by atoms with Crippen molar-refractivity contribution in [3.63, 3.8) is 0 Å². The normalized spacial score (nSPS) is 23.2. The fourth-order valence-electron chi connectivity index (χ4n) is 3.15. The van der Waals surface area contributed by atoms with Crippen molar-refractivity contribution < 1.29 is 4.79 Å². The molecule has 1 aromatic rings. The number of benzene rings is 1. The Morgan fingerprint density at radius 3 is 2.55 bits per heavy atom. The minimum atomic E-state index is -0.0924. The third-order valence-corrected chi connectivity index (χ3v) is 4.60. The third-order valence-electron chi connectivity index (χ3n) is 4.60. The lowest BCUT2D eigenvalue weighted by atomic mass is 9.95. The zero-order valence-electron chi connectivity index (χ0n) is 11.8. The van der Waals surface area contributed by atoms with Crippen LogP contribution < -0.4 is 5.73 Å². The molecule has 0 bridgehead atoms. The van der Waals surface area contributed by atoms with Crippen LogP contribution in [0.4, 0.5) is 0 Å². The summed E-state index contributed by atoms with van der Waals surface area (Å²) in [6.07, 6.45) is 4.06. The molecule has 3 nitrogen and oxygen atoms in total. The van der Waals surface area contributed by atoms with Gasteiger partial charge in [-0.3, -0.25) is 4.79 Å². The molecule has 0 spiro atoms. The van der Waals surface area contributed by atoms with Crippen molar-refractivity contribution in [1.82, 2.24) is 4.90 Å². The van der Waals surface area contributed by atoms with Crippen molar-refractivity contribution in [2.24, 2.45) is 17.1 Å². The van der Waals surface area contributed by atoms with Crippen molar-refractivity contribution in [1.29, 1.82) is 0 Å². The Morgan fingerprint density at radius 2 is 2.00 bits per heavy atom. The molecule has 1 atom stereocenters. The number of hydrogen-bond donors (Lipinski definition) is 1. The summed E-state index contributed by atoms with van der Waals surface area (Å²) in [4.78, 5) is 14.7. The first-order valence-corrected chi connectivity index (χ1v) is 7.27. The lowest BCUT2D eigenvalue weighted by molar-refractivity contribution is -0.136. The van der Waals surface area contributed by atoms with Gasteiger partial charge in [0.1, 0.15) is 0 Å². The Hall–Kier alpha value is -1.06. The molecule has 110 valence electrons. The summed E-state index contributed by atoms with van der Waals surface area (Å²) < 4.78 is 0. The van der Waals surface area contributed by atoms with Gasteiger partial charge in [0.05, 0.1) is 5.41 Å². The summed E-state index contributed by atoms with van der Waals surface area (Å²) in [6.45, 7) is 2.47. The minimum absolute atomic E-state index is 0. The number of halogens is 1. The molecule has 1 saturated heterocycles. The van der Waals surface area contributed by atoms with E-state index in [9.17, 15) is 4.79 Å². The van der Waals surface area contributed by atoms with Crippen molar-refractivity contribution in [3.8, 4) is 0 Å². The Balaban J connectivity index is 0.00000147. The summed E-state index contributed by atoms with van der Waals surface area (Å²) in [5, 5.41) is 0. The van der Waals surface area contributed by atoms with E-state index in [-0.39, 0.29) is 17.8 Å². The number of carbonyl (C=O) groups excluding carboxylic acids is 1. The summed E-state index contributed by atoms with van der Waals surface area (Å²) in [5.74, 6) is 0.878. The molecule has 1 heterocycles. The maximum Gasteiger partial charge on any atom is 0.229 e. The van der Waals surface area contributed by atoms with E-state index in [4.69, 9.17) is 5.73 Å². The number of carbonyl (C=O) groups is 1. The molecule has 1 amide bonds. The molecule has 3 rings (SSSR count). The molecule has 1 aliphatic heterocycles. The van der Waals surface area contributed by atoms with Gasteiger partial charge in [-0.15, -0.1) is 12.4 Å². The predicted molar refractivity (Wildman–Crippen MR) is 82.8 cm³/mol. The highest BCUT2D eigenvalue weighted by molar-refractivity contribution is 5.86. The van der Waals surface area contributed by atoms with Crippen LogP contribution in [0.1, 0.15) is 24.8 Å². The Morgan fingerprint density at radius 1 is 1.30 bits per heavy atom. The van der Waals surface area contributed by atoms with Crippen LogP contribution in [0.15, 0.2) is 30.3 Å². The maximum absolute atomic E-state index is 12.7. The van der Waals surface area contributed by atoms with Crippen LogP contribution in [-0.2, 0) is 11.2 Å². The van der Waals surface area contributed by atoms with Crippen molar-refractivity contribution in [2.75, 3.05) is 19.6 Å². The van der Waals surface area contributed by atoms with Crippen LogP contribution in [0.5, 0.6) is 0 Å². The standard InChI is InChI=1S/C16H22N2O.ClH/c17-11-14-6-9-18(12-14)15(19)16(7-8-16)10-13-4-2-1-3-5-13;/h1-5,14H,6-12,17H2;1H. The molecule has 20 heavy (non-hydrogen) atoms. The average molecular weight is 295 g/mol. The van der Waals surface area contributed by atoms with Crippen LogP contribution in [0, 0.1) is 11.3 Å². The highest BCUT2D eigenvalue weighted by Gasteiger charge is 2.52. The van der Waals surface area contributed by atoms with Gasteiger partial charge in [-0.05, 0) is 43.7 Å². The molecule has 1 aliphatic carbocycles. The molecular formula is C16H23ClN2O. The number of amides is 1. The molecule has 0 aromatic heterocycles. The van der Waals surface area contributed by atoms with Gasteiger partial charge in [0.2, 0.25) is 5.91 Å². The highest BCUT2D eigenvalue weighted by Crippen LogP contribution is 2.50. The number of hydrogen-bond acceptors (Lipinski definition) is 2. The largest absolute Gasteiger partial charge is 0.342 e. The molecule has 2 aliphatic rings. The number of likely N-dealkylation sites (tertiary alicyclic amines) is 1. The van der Waals surface area contributed by atoms with Crippen LogP contribution in [0.3, 0.4) is 0 Å². The monoisotopic (exact) mass is 294 g/mol. The summed E-state index contributed by atoms with van der Waals surface area (Å²) >= 11 is 0. The first-order chi connectivity index (χ1) is 9.23. The van der Waals surface area contributed by atoms with Gasteiger partial charge in [-0.25, -0.2) is 0 Å². The lowest BCUT2D eigenvalue weighted by Crippen LogP contribution is -2.37. The van der Waals surface area contributed by atoms with Gasteiger partial charge < -0.3 is 10.6 Å². The van der Waals surface area contributed by atoms with E-state index in [2.05, 4.69) is 24.3 Å². The lowest BCUT2D eigenvalue weighted by Gasteiger charge is -2.23. The first-order valence-electron chi connectivity index (χ1n) is 7.27. The Bertz CT molecular complexity index is 459. The fraction of sp³-hybridized carbons (Fsp3) is 0.562. The van der Waals surface area contributed by atoms with Crippen molar-refractivity contribution in [2.45, 2.75) is 25.7 Å². The molecule has 4 heteroatoms. The second-order valence-electron chi connectivity index (χ2n) is 6.08. The SMILES string of the molecule is Cl.NCC1CCN(C(=O)C2(Cc3ccccc3)CC2)C1. The third kappa shape index (κ3) is 2.99. The Labute approximate surface area is 126 Å². The second kappa shape index (κ2) is 6.15. The quantitative estimate of drug-likeness (QED) is 0.926. The van der Waals surface area contributed by atoms with Crippen LogP contribution in [-0.4, -0.2) is 30.4 Å². The van der Waals surface area contributed by atoms with E-state index in [0.29, 0.717) is 18.4 Å². The van der Waals surface area contributed by atoms with Gasteiger partial charge >= 0.3 is 0 Å². The van der Waals surface area contributed by atoms with E-state index >= 15 is 0 Å². The second-order valence-corrected chi connectivity index (χ2v) is 6.08. The maximum atomic E-state index is 12.7. The molecule has 0 radical (unpaired) electrons. The minimum Gasteiger partial charge on any atom is -0.342 e. The zero-order valence-corrected chi connectivity index (χ0v) is 12.6. The number of nitrogens with two attached hydrogens (primary N) is 1. The van der Waals surface area contributed by atoms with Gasteiger partial charge in [-0.2, -0.15) is 0 Å². The predicted octanol–water partition coefficient (Wildman–Crippen LogP) is 2.24. The van der Waals surface area contributed by atoms with Crippen LogP contribution in [0.2, 0.25) is 0 Å². The Kier molecular flexibility index (Phi) is 4.71. The molecule has 1 unspecified atom stereocenters. The average Bonchev–Trinajstić information content (AvgIpc) is 3.06. The van der Waals surface area contributed by atoms with E-state index in [1.165, 1.54) is 5.56 Å². The van der Waals surface area contributed by atoms with E-state index in [0.717, 1.165) is 38.8 Å². The summed E-state index contributed by atoms with van der Waals surface area (Å²) in [6, 6.07) is 10.4. The van der Waals surface area contributed by atoms with Crippen LogP contribution in [0.25, 0.3) is 0 Å². The molecule has 2 fully saturated rings. The van der Waals surface area contributed by atoms with Crippen molar-refractivity contribution >= 4 is 18.3 Å². The van der Waals surface area contributed by atoms with Gasteiger partial charge in [0, 0.05) is 13.1 Å². The topological polar surface area (TPSA) is 46.3 Å². The molecule has 1 aromatic carbocycles. The highest BCUT2D eigenvalue weighted by atomic mass is 35.5. The summed E-state index contributed by atoms with van der Waals surface area (Å²) in [7, 11) is 0. The van der Waals surface area contributed by atoms with Gasteiger partial charge in [-0.1, -0.05) is 30.3 Å². The van der Waals surface area contributed by atoms with E-state index < -0.39 is 0 Å². The molecule has 2 N–H and O–H groups in total. The van der Waals surface area contributed by atoms with Gasteiger partial charge in [0.25, 0.3) is 0 Å². The number of nitrogens with zero attached hydrogens (tertiary/aromatic N) is 1. The zero-order chi connectivity index (χ0) is 13.3. The van der Waals surface area contributed by atoms with E-state index in [1.807, 2.05) is 11.0 Å². The first kappa shape index (κ1) is 15.3.